The summed E-state index contributed by atoms with van der Waals surface area (Å²) in [5, 5.41) is 13.1. The third kappa shape index (κ3) is 2.77. The molecule has 0 saturated carbocycles. The fourth-order valence-electron chi connectivity index (χ4n) is 1.74. The van der Waals surface area contributed by atoms with Gasteiger partial charge in [-0.2, -0.15) is 10.2 Å². The Bertz CT molecular complexity index is 433. The molecule has 0 radical (unpaired) electrons. The average Bonchev–Trinajstić information content (AvgIpc) is 2.91. The summed E-state index contributed by atoms with van der Waals surface area (Å²) in [5.41, 5.74) is 1.19. The van der Waals surface area contributed by atoms with Crippen molar-refractivity contribution < 1.29 is 10.0 Å². The van der Waals surface area contributed by atoms with Crippen molar-refractivity contribution in [1.82, 2.24) is 9.91 Å². The van der Waals surface area contributed by atoms with Gasteiger partial charge in [0.05, 0.1) is 11.6 Å². The first-order valence-electron chi connectivity index (χ1n) is 5.73. The molecule has 1 fully saturated rings. The zero-order chi connectivity index (χ0) is 13.1. The Morgan fingerprint density at radius 3 is 2.83 bits per heavy atom. The molecule has 0 spiro atoms. The molecule has 1 aromatic carbocycles. The van der Waals surface area contributed by atoms with Crippen LogP contribution in [0.3, 0.4) is 0 Å². The molecule has 1 aliphatic heterocycles. The van der Waals surface area contributed by atoms with E-state index in [1.807, 2.05) is 5.01 Å². The third-order valence-electron chi connectivity index (χ3n) is 2.73. The number of hydrazine groups is 1. The highest BCUT2D eigenvalue weighted by atomic mass is 32.2. The molecule has 0 aliphatic carbocycles. The zero-order valence-electron chi connectivity index (χ0n) is 10.5. The molecule has 0 aromatic heterocycles. The van der Waals surface area contributed by atoms with Gasteiger partial charge < -0.3 is 4.90 Å². The monoisotopic (exact) mass is 267 g/mol. The van der Waals surface area contributed by atoms with Gasteiger partial charge in [-0.25, -0.2) is 0 Å². The van der Waals surface area contributed by atoms with Crippen molar-refractivity contribution in [3.63, 3.8) is 0 Å². The van der Waals surface area contributed by atoms with E-state index < -0.39 is 0 Å². The van der Waals surface area contributed by atoms with Crippen LogP contribution in [0.15, 0.2) is 24.3 Å². The molecular formula is C12H17N3O2S. The summed E-state index contributed by atoms with van der Waals surface area (Å²) >= 11 is 1.77. The standard InChI is InChI=1S/C12H17N3O2S/c1-13(2)12(16)10-4-3-5-11(8-10)15(17)14-6-7-18-9-14/h3-5,8,17H,6-7,9H2,1-2H3. The van der Waals surface area contributed by atoms with Gasteiger partial charge in [0.15, 0.2) is 0 Å². The maximum absolute atomic E-state index is 11.8. The first kappa shape index (κ1) is 13.2. The Morgan fingerprint density at radius 1 is 1.44 bits per heavy atom. The summed E-state index contributed by atoms with van der Waals surface area (Å²) in [6.45, 7) is 0.813. The molecule has 0 atom stereocenters. The molecule has 98 valence electrons. The van der Waals surface area contributed by atoms with Crippen LogP contribution in [-0.2, 0) is 0 Å². The molecule has 5 nitrogen and oxygen atoms in total. The van der Waals surface area contributed by atoms with Crippen molar-refractivity contribution >= 4 is 23.4 Å². The number of hydrogen-bond acceptors (Lipinski definition) is 5. The van der Waals surface area contributed by atoms with Gasteiger partial charge in [-0.15, -0.1) is 11.8 Å². The van der Waals surface area contributed by atoms with Crippen LogP contribution in [0.5, 0.6) is 0 Å². The van der Waals surface area contributed by atoms with Crippen molar-refractivity contribution in [2.75, 3.05) is 37.4 Å². The Kier molecular flexibility index (Phi) is 4.11. The largest absolute Gasteiger partial charge is 0.345 e. The summed E-state index contributed by atoms with van der Waals surface area (Å²) in [7, 11) is 3.42. The van der Waals surface area contributed by atoms with E-state index in [4.69, 9.17) is 0 Å². The lowest BCUT2D eigenvalue weighted by Gasteiger charge is -2.26. The number of hydrogen-bond donors (Lipinski definition) is 1. The average molecular weight is 267 g/mol. The molecule has 1 saturated heterocycles. The number of thioether (sulfide) groups is 1. The number of benzene rings is 1. The highest BCUT2D eigenvalue weighted by molar-refractivity contribution is 7.99. The summed E-state index contributed by atoms with van der Waals surface area (Å²) < 4.78 is 0. The van der Waals surface area contributed by atoms with Gasteiger partial charge in [-0.05, 0) is 18.2 Å². The van der Waals surface area contributed by atoms with Crippen LogP contribution < -0.4 is 5.17 Å². The fourth-order valence-corrected chi connectivity index (χ4v) is 2.66. The normalized spacial score (nSPS) is 15.7. The van der Waals surface area contributed by atoms with Gasteiger partial charge in [-0.1, -0.05) is 6.07 Å². The molecular weight excluding hydrogens is 250 g/mol. The minimum absolute atomic E-state index is 0.0685. The minimum atomic E-state index is -0.0685. The molecule has 0 bridgehead atoms. The van der Waals surface area contributed by atoms with Gasteiger partial charge in [0.25, 0.3) is 5.91 Å². The number of nitrogens with zero attached hydrogens (tertiary/aromatic N) is 3. The highest BCUT2D eigenvalue weighted by Gasteiger charge is 2.19. The van der Waals surface area contributed by atoms with Crippen molar-refractivity contribution in [1.29, 1.82) is 0 Å². The Hall–Kier alpha value is -1.24. The quantitative estimate of drug-likeness (QED) is 0.841. The summed E-state index contributed by atoms with van der Waals surface area (Å²) in [4.78, 5) is 13.4. The van der Waals surface area contributed by atoms with E-state index in [9.17, 15) is 10.0 Å². The van der Waals surface area contributed by atoms with Crippen LogP contribution in [0.4, 0.5) is 5.69 Å². The smallest absolute Gasteiger partial charge is 0.253 e. The van der Waals surface area contributed by atoms with E-state index in [0.717, 1.165) is 23.3 Å². The van der Waals surface area contributed by atoms with Crippen LogP contribution in [0.2, 0.25) is 0 Å². The van der Waals surface area contributed by atoms with Gasteiger partial charge in [0.1, 0.15) is 0 Å². The predicted molar refractivity (Wildman–Crippen MR) is 72.8 cm³/mol. The minimum Gasteiger partial charge on any atom is -0.345 e. The molecule has 1 amide bonds. The van der Waals surface area contributed by atoms with E-state index in [1.54, 1.807) is 50.1 Å². The second-order valence-corrected chi connectivity index (χ2v) is 5.38. The first-order valence-corrected chi connectivity index (χ1v) is 6.88. The van der Waals surface area contributed by atoms with Crippen molar-refractivity contribution in [3.8, 4) is 0 Å². The summed E-state index contributed by atoms with van der Waals surface area (Å²) in [5.74, 6) is 1.71. The Balaban J connectivity index is 2.18. The van der Waals surface area contributed by atoms with Gasteiger partial charge in [0, 0.05) is 32.0 Å². The second kappa shape index (κ2) is 5.60. The number of rotatable bonds is 3. The van der Waals surface area contributed by atoms with Crippen molar-refractivity contribution in [2.45, 2.75) is 0 Å². The van der Waals surface area contributed by atoms with E-state index >= 15 is 0 Å². The van der Waals surface area contributed by atoms with Crippen LogP contribution >= 0.6 is 11.8 Å². The molecule has 6 heteroatoms. The van der Waals surface area contributed by atoms with Gasteiger partial charge in [-0.3, -0.25) is 10.0 Å². The lowest BCUT2D eigenvalue weighted by molar-refractivity contribution is 0.0825. The lowest BCUT2D eigenvalue weighted by atomic mass is 10.2. The number of anilines is 1. The molecule has 0 unspecified atom stereocenters. The molecule has 1 heterocycles. The Labute approximate surface area is 111 Å². The summed E-state index contributed by atoms with van der Waals surface area (Å²) in [6, 6.07) is 7.01. The maximum atomic E-state index is 11.8. The molecule has 2 rings (SSSR count). The van der Waals surface area contributed by atoms with Crippen molar-refractivity contribution in [3.05, 3.63) is 29.8 Å². The fraction of sp³-hybridized carbons (Fsp3) is 0.417. The molecule has 18 heavy (non-hydrogen) atoms. The number of carbonyl (C=O) groups is 1. The summed E-state index contributed by atoms with van der Waals surface area (Å²) in [6.07, 6.45) is 0. The topological polar surface area (TPSA) is 47.0 Å². The number of amides is 1. The van der Waals surface area contributed by atoms with Crippen LogP contribution in [-0.4, -0.2) is 53.3 Å². The van der Waals surface area contributed by atoms with Gasteiger partial charge in [0.2, 0.25) is 0 Å². The Morgan fingerprint density at radius 2 is 2.22 bits per heavy atom. The number of carbonyl (C=O) groups excluding carboxylic acids is 1. The van der Waals surface area contributed by atoms with Crippen LogP contribution in [0.25, 0.3) is 0 Å². The molecule has 1 aliphatic rings. The zero-order valence-corrected chi connectivity index (χ0v) is 11.4. The highest BCUT2D eigenvalue weighted by Crippen LogP contribution is 2.22. The SMILES string of the molecule is CN(C)C(=O)c1cccc(N(O)N2CCSC2)c1. The third-order valence-corrected chi connectivity index (χ3v) is 3.68. The molecule has 1 aromatic rings. The van der Waals surface area contributed by atoms with Crippen LogP contribution in [0, 0.1) is 0 Å². The second-order valence-electron chi connectivity index (χ2n) is 4.31. The van der Waals surface area contributed by atoms with E-state index in [-0.39, 0.29) is 5.91 Å². The molecule has 1 N–H and O–H groups in total. The van der Waals surface area contributed by atoms with Gasteiger partial charge >= 0.3 is 0 Å². The van der Waals surface area contributed by atoms with E-state index in [1.165, 1.54) is 4.90 Å². The maximum Gasteiger partial charge on any atom is 0.253 e. The van der Waals surface area contributed by atoms with Crippen LogP contribution in [0.1, 0.15) is 10.4 Å². The van der Waals surface area contributed by atoms with E-state index in [0.29, 0.717) is 11.3 Å². The van der Waals surface area contributed by atoms with E-state index in [2.05, 4.69) is 0 Å². The first-order chi connectivity index (χ1) is 8.59. The lowest BCUT2D eigenvalue weighted by Crippen LogP contribution is -2.38. The van der Waals surface area contributed by atoms with Crippen molar-refractivity contribution in [2.24, 2.45) is 0 Å². The predicted octanol–water partition coefficient (Wildman–Crippen LogP) is 1.51.